The highest BCUT2D eigenvalue weighted by Gasteiger charge is 2.65. The molecule has 1 rings (SSSR count). The third-order valence-electron chi connectivity index (χ3n) is 4.91. The van der Waals surface area contributed by atoms with Gasteiger partial charge >= 0.3 is 17.9 Å². The molecule has 0 heterocycles. The Labute approximate surface area is 214 Å². The van der Waals surface area contributed by atoms with Crippen LogP contribution in [0.15, 0.2) is 23.5 Å². The molecule has 0 saturated carbocycles. The van der Waals surface area contributed by atoms with Crippen molar-refractivity contribution in [2.24, 2.45) is 5.73 Å². The number of aliphatic carboxylic acids is 3. The molecule has 21 heteroatoms. The second kappa shape index (κ2) is 13.0. The van der Waals surface area contributed by atoms with Crippen molar-refractivity contribution in [3.8, 4) is 0 Å². The fourth-order valence-corrected chi connectivity index (χ4v) is 4.45. The number of thioether (sulfide) groups is 1. The fourth-order valence-electron chi connectivity index (χ4n) is 3.05. The predicted molar refractivity (Wildman–Crippen MR) is 121 cm³/mol. The second-order valence-corrected chi connectivity index (χ2v) is 8.70. The number of amides is 2. The topological polar surface area (TPSA) is 326 Å². The summed E-state index contributed by atoms with van der Waals surface area (Å²) in [6, 6.07) is -5.89. The first-order valence-corrected chi connectivity index (χ1v) is 11.0. The Morgan fingerprint density at radius 1 is 1.08 bits per heavy atom. The lowest BCUT2D eigenvalue weighted by Gasteiger charge is -2.30. The molecule has 1 aliphatic rings. The maximum Gasteiger partial charge on any atom is 0.338 e. The summed E-state index contributed by atoms with van der Waals surface area (Å²) in [6.07, 6.45) is -0.494. The van der Waals surface area contributed by atoms with Crippen LogP contribution in [0.5, 0.6) is 0 Å². The highest BCUT2D eigenvalue weighted by atomic mass is 32.2. The van der Waals surface area contributed by atoms with Crippen LogP contribution in [0.1, 0.15) is 12.8 Å². The number of nitrogens with one attached hydrogen (secondary N) is 2. The molecule has 7 N–H and O–H groups in total. The van der Waals surface area contributed by atoms with Gasteiger partial charge in [-0.15, -0.1) is 11.8 Å². The Bertz CT molecular complexity index is 1120. The van der Waals surface area contributed by atoms with Crippen molar-refractivity contribution in [3.63, 3.8) is 0 Å². The zero-order chi connectivity index (χ0) is 29.4. The van der Waals surface area contributed by atoms with E-state index in [1.165, 1.54) is 0 Å². The van der Waals surface area contributed by atoms with E-state index in [0.29, 0.717) is 0 Å². The van der Waals surface area contributed by atoms with E-state index in [9.17, 15) is 59.4 Å². The lowest BCUT2D eigenvalue weighted by atomic mass is 9.89. The quantitative estimate of drug-likeness (QED) is 0.0876. The van der Waals surface area contributed by atoms with Crippen molar-refractivity contribution in [1.82, 2.24) is 10.6 Å². The SMILES string of the molecule is NC(CCC(=O)NC(CSC1(C(=O)O)C([N+](=O)[O-])=CC([N+](=O)[O-])=CC1[N+](=O)[O-])C(=O)NCC(=O)O)C(=O)O. The van der Waals surface area contributed by atoms with Crippen LogP contribution in [0.4, 0.5) is 0 Å². The number of nitrogens with two attached hydrogens (primary N) is 1. The summed E-state index contributed by atoms with van der Waals surface area (Å²) < 4.78 is -3.13. The molecule has 4 atom stereocenters. The summed E-state index contributed by atoms with van der Waals surface area (Å²) in [6.45, 7) is -0.976. The van der Waals surface area contributed by atoms with E-state index in [0.717, 1.165) is 0 Å². The van der Waals surface area contributed by atoms with Crippen molar-refractivity contribution in [2.75, 3.05) is 12.3 Å². The largest absolute Gasteiger partial charge is 0.480 e. The van der Waals surface area contributed by atoms with E-state index >= 15 is 0 Å². The number of carbonyl (C=O) groups excluding carboxylic acids is 2. The highest BCUT2D eigenvalue weighted by molar-refractivity contribution is 8.01. The van der Waals surface area contributed by atoms with Crippen LogP contribution in [0.25, 0.3) is 0 Å². The second-order valence-electron chi connectivity index (χ2n) is 7.43. The van der Waals surface area contributed by atoms with Crippen LogP contribution in [0.3, 0.4) is 0 Å². The third kappa shape index (κ3) is 7.67. The molecular formula is C17H20N6O14S. The molecule has 1 aliphatic carbocycles. The number of nitro groups is 3. The van der Waals surface area contributed by atoms with Crippen molar-refractivity contribution in [1.29, 1.82) is 0 Å². The Morgan fingerprint density at radius 3 is 2.13 bits per heavy atom. The summed E-state index contributed by atoms with van der Waals surface area (Å²) in [4.78, 5) is 89.2. The van der Waals surface area contributed by atoms with Gasteiger partial charge < -0.3 is 31.7 Å². The first kappa shape index (κ1) is 31.4. The molecule has 0 aromatic heterocycles. The zero-order valence-electron chi connectivity index (χ0n) is 18.9. The van der Waals surface area contributed by atoms with Gasteiger partial charge in [-0.2, -0.15) is 0 Å². The summed E-state index contributed by atoms with van der Waals surface area (Å²) >= 11 is -0.0786. The molecule has 0 bridgehead atoms. The van der Waals surface area contributed by atoms with Gasteiger partial charge in [0.05, 0.1) is 22.0 Å². The Morgan fingerprint density at radius 2 is 1.68 bits per heavy atom. The number of rotatable bonds is 15. The van der Waals surface area contributed by atoms with Crippen LogP contribution < -0.4 is 16.4 Å². The molecule has 0 spiro atoms. The predicted octanol–water partition coefficient (Wildman–Crippen LogP) is -2.60. The maximum absolute atomic E-state index is 12.5. The normalized spacial score (nSPS) is 20.1. The lowest BCUT2D eigenvalue weighted by molar-refractivity contribution is -0.524. The highest BCUT2D eigenvalue weighted by Crippen LogP contribution is 2.43. The maximum atomic E-state index is 12.5. The minimum atomic E-state index is -3.13. The van der Waals surface area contributed by atoms with E-state index in [1.807, 2.05) is 5.32 Å². The van der Waals surface area contributed by atoms with Gasteiger partial charge in [-0.05, 0) is 6.42 Å². The van der Waals surface area contributed by atoms with E-state index in [2.05, 4.69) is 5.32 Å². The smallest absolute Gasteiger partial charge is 0.338 e. The molecule has 0 fully saturated rings. The monoisotopic (exact) mass is 564 g/mol. The Balaban J connectivity index is 3.42. The summed E-state index contributed by atoms with van der Waals surface area (Å²) in [5.41, 5.74) is 2.69. The van der Waals surface area contributed by atoms with Crippen molar-refractivity contribution in [2.45, 2.75) is 35.7 Å². The van der Waals surface area contributed by atoms with Crippen LogP contribution in [0, 0.1) is 30.3 Å². The van der Waals surface area contributed by atoms with E-state index in [1.54, 1.807) is 0 Å². The number of nitrogens with zero attached hydrogens (tertiary/aromatic N) is 3. The van der Waals surface area contributed by atoms with Crippen LogP contribution in [-0.4, -0.2) is 95.0 Å². The number of carboxylic acid groups (broad SMARTS) is 3. The van der Waals surface area contributed by atoms with Crippen molar-refractivity contribution >= 4 is 41.5 Å². The molecule has 208 valence electrons. The molecule has 2 amide bonds. The fraction of sp³-hybridized carbons (Fsp3) is 0.471. The minimum Gasteiger partial charge on any atom is -0.480 e. The average molecular weight is 564 g/mol. The van der Waals surface area contributed by atoms with E-state index in [4.69, 9.17) is 15.9 Å². The van der Waals surface area contributed by atoms with Crippen LogP contribution in [-0.2, 0) is 24.0 Å². The van der Waals surface area contributed by atoms with Gasteiger partial charge in [-0.3, -0.25) is 49.5 Å². The first-order chi connectivity index (χ1) is 17.5. The lowest BCUT2D eigenvalue weighted by Crippen LogP contribution is -2.56. The van der Waals surface area contributed by atoms with E-state index < -0.39 is 104 Å². The molecule has 0 aliphatic heterocycles. The Hall–Kier alpha value is -4.66. The molecule has 4 unspecified atom stereocenters. The molecule has 38 heavy (non-hydrogen) atoms. The van der Waals surface area contributed by atoms with Gasteiger partial charge in [0.1, 0.15) is 18.6 Å². The number of hydrogen-bond donors (Lipinski definition) is 6. The van der Waals surface area contributed by atoms with Gasteiger partial charge in [0, 0.05) is 17.1 Å². The number of hydrogen-bond acceptors (Lipinski definition) is 13. The molecule has 0 aromatic carbocycles. The first-order valence-electron chi connectivity index (χ1n) is 10.0. The number of allylic oxidation sites excluding steroid dienone is 1. The van der Waals surface area contributed by atoms with Gasteiger partial charge in [0.15, 0.2) is 0 Å². The van der Waals surface area contributed by atoms with Crippen LogP contribution >= 0.6 is 11.8 Å². The van der Waals surface area contributed by atoms with Crippen LogP contribution in [0.2, 0.25) is 0 Å². The minimum absolute atomic E-state index is 0.0786. The molecule has 20 nitrogen and oxygen atoms in total. The Kier molecular flexibility index (Phi) is 10.8. The third-order valence-corrected chi connectivity index (χ3v) is 6.49. The average Bonchev–Trinajstić information content (AvgIpc) is 2.82. The summed E-state index contributed by atoms with van der Waals surface area (Å²) in [7, 11) is 0. The molecule has 0 radical (unpaired) electrons. The van der Waals surface area contributed by atoms with Gasteiger partial charge in [-0.1, -0.05) is 0 Å². The summed E-state index contributed by atoms with van der Waals surface area (Å²) in [5, 5.41) is 65.8. The molecule has 0 aromatic rings. The summed E-state index contributed by atoms with van der Waals surface area (Å²) in [5.74, 6) is -8.34. The number of carbonyl (C=O) groups is 5. The zero-order valence-corrected chi connectivity index (χ0v) is 19.7. The van der Waals surface area contributed by atoms with Gasteiger partial charge in [-0.25, -0.2) is 4.79 Å². The number of carboxylic acids is 3. The van der Waals surface area contributed by atoms with Crippen molar-refractivity contribution in [3.05, 3.63) is 53.9 Å². The molecule has 0 saturated heterocycles. The van der Waals surface area contributed by atoms with Crippen molar-refractivity contribution < 1.29 is 54.1 Å². The van der Waals surface area contributed by atoms with E-state index in [-0.39, 0.29) is 23.9 Å². The standard InChI is InChI=1S/C17H20N6O14S/c18-8(15(28)29)1-2-12(24)20-9(14(27)19-5-13(25)26)6-38-17(16(30)31)10(22(34)35)3-7(21(32)33)4-11(17)23(36)37/h3-4,8-10H,1-2,5-6,18H2,(H,19,27)(H,20,24)(H,25,26)(H,28,29)(H,30,31). The van der Waals surface area contributed by atoms with Gasteiger partial charge in [0.25, 0.3) is 22.2 Å². The molecular weight excluding hydrogens is 544 g/mol. The van der Waals surface area contributed by atoms with Gasteiger partial charge in [0.2, 0.25) is 11.8 Å².